The van der Waals surface area contributed by atoms with Gasteiger partial charge < -0.3 is 9.64 Å². The highest BCUT2D eigenvalue weighted by atomic mass is 16.6. The summed E-state index contributed by atoms with van der Waals surface area (Å²) in [5, 5.41) is 0. The first-order valence-electron chi connectivity index (χ1n) is 6.69. The third kappa shape index (κ3) is 6.28. The maximum Gasteiger partial charge on any atom is 0.410 e. The Morgan fingerprint density at radius 2 is 1.94 bits per heavy atom. The molecule has 0 aromatic carbocycles. The van der Waals surface area contributed by atoms with Crippen LogP contribution in [0.1, 0.15) is 32.6 Å². The second-order valence-corrected chi connectivity index (χ2v) is 4.27. The number of cyclic esters (lactones) is 1. The minimum atomic E-state index is -0.186. The van der Waals surface area contributed by atoms with Gasteiger partial charge in [-0.25, -0.2) is 4.79 Å². The third-order valence-electron chi connectivity index (χ3n) is 2.77. The van der Waals surface area contributed by atoms with Crippen molar-refractivity contribution in [3.63, 3.8) is 0 Å². The molecule has 0 unspecified atom stereocenters. The molecule has 1 rings (SSSR count). The van der Waals surface area contributed by atoms with E-state index in [1.807, 2.05) is 13.0 Å². The van der Waals surface area contributed by atoms with Crippen LogP contribution in [0, 0.1) is 0 Å². The van der Waals surface area contributed by atoms with Gasteiger partial charge in [-0.05, 0) is 32.6 Å². The molecular formula is C15H23NO2. The molecule has 0 aliphatic carbocycles. The van der Waals surface area contributed by atoms with E-state index in [1.165, 1.54) is 12.8 Å². The number of nitrogens with zero attached hydrogens (tertiary/aromatic N) is 1. The van der Waals surface area contributed by atoms with E-state index in [4.69, 9.17) is 4.74 Å². The van der Waals surface area contributed by atoms with Crippen LogP contribution in [0.2, 0.25) is 0 Å². The first kappa shape index (κ1) is 14.6. The van der Waals surface area contributed by atoms with Crippen LogP contribution in [-0.2, 0) is 4.74 Å². The summed E-state index contributed by atoms with van der Waals surface area (Å²) in [5.41, 5.74) is 0. The van der Waals surface area contributed by atoms with Crippen LogP contribution in [0.15, 0.2) is 36.5 Å². The molecule has 0 atom stereocenters. The molecule has 1 amide bonds. The van der Waals surface area contributed by atoms with Crippen LogP contribution in [-0.4, -0.2) is 30.7 Å². The minimum Gasteiger partial charge on any atom is -0.448 e. The molecule has 0 aromatic heterocycles. The lowest BCUT2D eigenvalue weighted by atomic mass is 10.2. The van der Waals surface area contributed by atoms with Gasteiger partial charge in [-0.1, -0.05) is 36.5 Å². The zero-order valence-corrected chi connectivity index (χ0v) is 11.2. The summed E-state index contributed by atoms with van der Waals surface area (Å²) >= 11 is 0. The van der Waals surface area contributed by atoms with Crippen molar-refractivity contribution in [1.82, 2.24) is 4.90 Å². The smallest absolute Gasteiger partial charge is 0.410 e. The molecule has 1 fully saturated rings. The summed E-state index contributed by atoms with van der Waals surface area (Å²) in [7, 11) is 0. The minimum absolute atomic E-state index is 0.186. The van der Waals surface area contributed by atoms with E-state index in [-0.39, 0.29) is 6.09 Å². The Balaban J connectivity index is 1.95. The van der Waals surface area contributed by atoms with E-state index in [9.17, 15) is 4.79 Å². The van der Waals surface area contributed by atoms with Crippen LogP contribution in [0.25, 0.3) is 0 Å². The quantitative estimate of drug-likeness (QED) is 0.373. The second kappa shape index (κ2) is 9.51. The van der Waals surface area contributed by atoms with Crippen LogP contribution in [0.3, 0.4) is 0 Å². The van der Waals surface area contributed by atoms with Crippen molar-refractivity contribution in [1.29, 1.82) is 0 Å². The van der Waals surface area contributed by atoms with E-state index in [0.29, 0.717) is 13.2 Å². The summed E-state index contributed by atoms with van der Waals surface area (Å²) in [4.78, 5) is 12.8. The van der Waals surface area contributed by atoms with Gasteiger partial charge in [0.1, 0.15) is 6.61 Å². The lowest BCUT2D eigenvalue weighted by Gasteiger charge is -2.07. The number of ether oxygens (including phenoxy) is 1. The number of hydrogen-bond acceptors (Lipinski definition) is 2. The molecule has 1 heterocycles. The normalized spacial score (nSPS) is 16.5. The SMILES string of the molecule is C/C=C/C=C/CCCC/C=C/CN1CCOC1=O. The van der Waals surface area contributed by atoms with Crippen molar-refractivity contribution in [2.45, 2.75) is 32.6 Å². The van der Waals surface area contributed by atoms with E-state index in [0.717, 1.165) is 19.4 Å². The second-order valence-electron chi connectivity index (χ2n) is 4.27. The zero-order chi connectivity index (χ0) is 13.1. The van der Waals surface area contributed by atoms with Crippen molar-refractivity contribution >= 4 is 6.09 Å². The number of carbonyl (C=O) groups is 1. The van der Waals surface area contributed by atoms with Gasteiger partial charge in [0.15, 0.2) is 0 Å². The highest BCUT2D eigenvalue weighted by Crippen LogP contribution is 2.04. The maximum absolute atomic E-state index is 11.1. The predicted octanol–water partition coefficient (Wildman–Crippen LogP) is 3.69. The van der Waals surface area contributed by atoms with Crippen molar-refractivity contribution < 1.29 is 9.53 Å². The molecule has 3 nitrogen and oxygen atoms in total. The third-order valence-corrected chi connectivity index (χ3v) is 2.77. The Bertz CT molecular complexity index is 318. The molecule has 1 saturated heterocycles. The first-order valence-corrected chi connectivity index (χ1v) is 6.69. The number of unbranched alkanes of at least 4 members (excludes halogenated alkanes) is 3. The fourth-order valence-corrected chi connectivity index (χ4v) is 1.72. The van der Waals surface area contributed by atoms with E-state index in [1.54, 1.807) is 4.90 Å². The molecule has 1 aliphatic heterocycles. The van der Waals surface area contributed by atoms with Gasteiger partial charge >= 0.3 is 6.09 Å². The van der Waals surface area contributed by atoms with Gasteiger partial charge in [0.2, 0.25) is 0 Å². The van der Waals surface area contributed by atoms with Gasteiger partial charge in [0.05, 0.1) is 6.54 Å². The highest BCUT2D eigenvalue weighted by Gasteiger charge is 2.19. The fourth-order valence-electron chi connectivity index (χ4n) is 1.72. The van der Waals surface area contributed by atoms with E-state index >= 15 is 0 Å². The summed E-state index contributed by atoms with van der Waals surface area (Å²) in [6.07, 6.45) is 17.0. The van der Waals surface area contributed by atoms with Gasteiger partial charge in [0, 0.05) is 6.54 Å². The summed E-state index contributed by atoms with van der Waals surface area (Å²) in [5.74, 6) is 0. The van der Waals surface area contributed by atoms with Crippen molar-refractivity contribution in [2.75, 3.05) is 19.7 Å². The van der Waals surface area contributed by atoms with E-state index < -0.39 is 0 Å². The fraction of sp³-hybridized carbons (Fsp3) is 0.533. The number of amides is 1. The Hall–Kier alpha value is -1.51. The van der Waals surface area contributed by atoms with Crippen LogP contribution < -0.4 is 0 Å². The average molecular weight is 249 g/mol. The molecule has 0 radical (unpaired) electrons. The van der Waals surface area contributed by atoms with Crippen molar-refractivity contribution in [3.8, 4) is 0 Å². The molecular weight excluding hydrogens is 226 g/mol. The lowest BCUT2D eigenvalue weighted by molar-refractivity contribution is 0.161. The van der Waals surface area contributed by atoms with Crippen LogP contribution >= 0.6 is 0 Å². The summed E-state index contributed by atoms with van der Waals surface area (Å²) < 4.78 is 4.85. The first-order chi connectivity index (χ1) is 8.84. The monoisotopic (exact) mass is 249 g/mol. The Labute approximate surface area is 110 Å². The molecule has 18 heavy (non-hydrogen) atoms. The number of allylic oxidation sites excluding steroid dienone is 5. The number of rotatable bonds is 8. The summed E-state index contributed by atoms with van der Waals surface area (Å²) in [6.45, 7) is 3.95. The Morgan fingerprint density at radius 3 is 2.61 bits per heavy atom. The molecule has 0 saturated carbocycles. The lowest BCUT2D eigenvalue weighted by Crippen LogP contribution is -2.23. The van der Waals surface area contributed by atoms with Gasteiger partial charge in [-0.3, -0.25) is 0 Å². The Morgan fingerprint density at radius 1 is 1.17 bits per heavy atom. The van der Waals surface area contributed by atoms with Gasteiger partial charge in [-0.15, -0.1) is 0 Å². The maximum atomic E-state index is 11.1. The molecule has 0 N–H and O–H groups in total. The topological polar surface area (TPSA) is 29.5 Å². The molecule has 3 heteroatoms. The molecule has 100 valence electrons. The number of hydrogen-bond donors (Lipinski definition) is 0. The zero-order valence-electron chi connectivity index (χ0n) is 11.2. The van der Waals surface area contributed by atoms with Gasteiger partial charge in [-0.2, -0.15) is 0 Å². The van der Waals surface area contributed by atoms with E-state index in [2.05, 4.69) is 30.4 Å². The van der Waals surface area contributed by atoms with Gasteiger partial charge in [0.25, 0.3) is 0 Å². The predicted molar refractivity (Wildman–Crippen MR) is 74.5 cm³/mol. The molecule has 0 spiro atoms. The molecule has 1 aliphatic rings. The van der Waals surface area contributed by atoms with Crippen molar-refractivity contribution in [3.05, 3.63) is 36.5 Å². The van der Waals surface area contributed by atoms with Crippen molar-refractivity contribution in [2.24, 2.45) is 0 Å². The standard InChI is InChI=1S/C15H23NO2/c1-2-3-4-5-6-7-8-9-10-11-12-16-13-14-18-15(16)17/h2-5,10-11H,6-9,12-14H2,1H3/b3-2+,5-4+,11-10+. The van der Waals surface area contributed by atoms with Crippen LogP contribution in [0.5, 0.6) is 0 Å². The largest absolute Gasteiger partial charge is 0.448 e. The summed E-state index contributed by atoms with van der Waals surface area (Å²) in [6, 6.07) is 0. The molecule has 0 aromatic rings. The Kier molecular flexibility index (Phi) is 7.69. The van der Waals surface area contributed by atoms with Crippen LogP contribution in [0.4, 0.5) is 4.79 Å². The molecule has 0 bridgehead atoms. The highest BCUT2D eigenvalue weighted by molar-refractivity contribution is 5.69. The number of carbonyl (C=O) groups excluding carboxylic acids is 1. The average Bonchev–Trinajstić information content (AvgIpc) is 2.77.